The number of hydrogen-bond acceptors (Lipinski definition) is 3. The molecule has 0 bridgehead atoms. The highest BCUT2D eigenvalue weighted by atomic mass is 16.4. The summed E-state index contributed by atoms with van der Waals surface area (Å²) in [6, 6.07) is 3.34. The molecule has 0 radical (unpaired) electrons. The molecule has 0 spiro atoms. The third kappa shape index (κ3) is 4.63. The highest BCUT2D eigenvalue weighted by Gasteiger charge is 2.22. The molecular formula is C12H16N2O3. The first-order chi connectivity index (χ1) is 7.91. The summed E-state index contributed by atoms with van der Waals surface area (Å²) in [5, 5.41) is 11.4. The number of carboxylic acids is 1. The summed E-state index contributed by atoms with van der Waals surface area (Å²) in [6.45, 7) is 3.59. The lowest BCUT2D eigenvalue weighted by molar-refractivity contribution is -0.137. The summed E-state index contributed by atoms with van der Waals surface area (Å²) < 4.78 is 0. The molecular weight excluding hydrogens is 220 g/mol. The van der Waals surface area contributed by atoms with Gasteiger partial charge in [-0.2, -0.15) is 0 Å². The first-order valence-electron chi connectivity index (χ1n) is 5.35. The van der Waals surface area contributed by atoms with Crippen LogP contribution in [0.4, 0.5) is 0 Å². The first kappa shape index (κ1) is 13.2. The van der Waals surface area contributed by atoms with Crippen molar-refractivity contribution in [3.05, 3.63) is 30.1 Å². The van der Waals surface area contributed by atoms with Crippen LogP contribution < -0.4 is 5.32 Å². The number of amides is 1. The molecule has 1 rings (SSSR count). The Morgan fingerprint density at radius 3 is 2.71 bits per heavy atom. The Balaban J connectivity index is 2.58. The van der Waals surface area contributed by atoms with Gasteiger partial charge < -0.3 is 10.4 Å². The molecule has 0 aromatic carbocycles. The van der Waals surface area contributed by atoms with Crippen LogP contribution in [0.25, 0.3) is 0 Å². The molecule has 0 fully saturated rings. The maximum atomic E-state index is 11.8. The number of carbonyl (C=O) groups is 2. The predicted octanol–water partition coefficient (Wildman–Crippen LogP) is 1.45. The van der Waals surface area contributed by atoms with Crippen LogP contribution in [0.3, 0.4) is 0 Å². The monoisotopic (exact) mass is 236 g/mol. The van der Waals surface area contributed by atoms with Crippen LogP contribution in [0.2, 0.25) is 0 Å². The lowest BCUT2D eigenvalue weighted by Crippen LogP contribution is -2.43. The van der Waals surface area contributed by atoms with Gasteiger partial charge in [0.25, 0.3) is 5.91 Å². The maximum Gasteiger partial charge on any atom is 0.303 e. The minimum absolute atomic E-state index is 0.0281. The fourth-order valence-electron chi connectivity index (χ4n) is 1.36. The number of carboxylic acid groups (broad SMARTS) is 1. The van der Waals surface area contributed by atoms with Gasteiger partial charge in [0, 0.05) is 24.4 Å². The van der Waals surface area contributed by atoms with Crippen molar-refractivity contribution < 1.29 is 14.7 Å². The molecule has 0 saturated carbocycles. The third-order valence-electron chi connectivity index (χ3n) is 2.34. The zero-order valence-electron chi connectivity index (χ0n) is 9.93. The molecule has 1 amide bonds. The van der Waals surface area contributed by atoms with E-state index < -0.39 is 11.5 Å². The Labute approximate surface area is 99.9 Å². The third-order valence-corrected chi connectivity index (χ3v) is 2.34. The van der Waals surface area contributed by atoms with E-state index in [2.05, 4.69) is 10.3 Å². The second-order valence-electron chi connectivity index (χ2n) is 4.47. The van der Waals surface area contributed by atoms with Crippen LogP contribution in [0.15, 0.2) is 24.5 Å². The van der Waals surface area contributed by atoms with Crippen LogP contribution >= 0.6 is 0 Å². The molecule has 1 aromatic heterocycles. The minimum atomic E-state index is -0.867. The van der Waals surface area contributed by atoms with E-state index in [0.717, 1.165) is 0 Å². The largest absolute Gasteiger partial charge is 0.481 e. The molecule has 0 atom stereocenters. The Hall–Kier alpha value is -1.91. The molecule has 1 heterocycles. The zero-order valence-corrected chi connectivity index (χ0v) is 9.93. The van der Waals surface area contributed by atoms with E-state index in [1.807, 2.05) is 0 Å². The van der Waals surface area contributed by atoms with Crippen molar-refractivity contribution in [2.45, 2.75) is 32.2 Å². The zero-order chi connectivity index (χ0) is 12.9. The van der Waals surface area contributed by atoms with Gasteiger partial charge in [-0.1, -0.05) is 0 Å². The van der Waals surface area contributed by atoms with E-state index in [1.165, 1.54) is 6.20 Å². The van der Waals surface area contributed by atoms with Gasteiger partial charge in [-0.3, -0.25) is 14.6 Å². The second kappa shape index (κ2) is 5.43. The number of nitrogens with zero attached hydrogens (tertiary/aromatic N) is 1. The van der Waals surface area contributed by atoms with Crippen molar-refractivity contribution in [1.82, 2.24) is 10.3 Å². The van der Waals surface area contributed by atoms with E-state index in [9.17, 15) is 9.59 Å². The van der Waals surface area contributed by atoms with E-state index in [-0.39, 0.29) is 12.3 Å². The van der Waals surface area contributed by atoms with Crippen LogP contribution in [0.1, 0.15) is 37.0 Å². The van der Waals surface area contributed by atoms with Crippen molar-refractivity contribution in [2.75, 3.05) is 0 Å². The van der Waals surface area contributed by atoms with Gasteiger partial charge >= 0.3 is 5.97 Å². The molecule has 5 heteroatoms. The van der Waals surface area contributed by atoms with Crippen LogP contribution in [-0.4, -0.2) is 27.5 Å². The summed E-state index contributed by atoms with van der Waals surface area (Å²) in [5.41, 5.74) is -0.0819. The molecule has 1 aromatic rings. The number of pyridine rings is 1. The summed E-state index contributed by atoms with van der Waals surface area (Å²) >= 11 is 0. The van der Waals surface area contributed by atoms with Crippen molar-refractivity contribution in [3.63, 3.8) is 0 Å². The molecule has 0 saturated heterocycles. The SMILES string of the molecule is CC(C)(CCC(=O)O)NC(=O)c1cccnc1. The average molecular weight is 236 g/mol. The molecule has 0 aliphatic rings. The smallest absolute Gasteiger partial charge is 0.303 e. The van der Waals surface area contributed by atoms with E-state index in [4.69, 9.17) is 5.11 Å². The van der Waals surface area contributed by atoms with Gasteiger partial charge in [-0.15, -0.1) is 0 Å². The normalized spacial score (nSPS) is 10.9. The van der Waals surface area contributed by atoms with Gasteiger partial charge in [0.05, 0.1) is 5.56 Å². The van der Waals surface area contributed by atoms with E-state index >= 15 is 0 Å². The standard InChI is InChI=1S/C12H16N2O3/c1-12(2,6-5-10(15)16)14-11(17)9-4-3-7-13-8-9/h3-4,7-8H,5-6H2,1-2H3,(H,14,17)(H,15,16). The fraction of sp³-hybridized carbons (Fsp3) is 0.417. The lowest BCUT2D eigenvalue weighted by atomic mass is 9.98. The summed E-state index contributed by atoms with van der Waals surface area (Å²) in [5.74, 6) is -1.11. The maximum absolute atomic E-state index is 11.8. The Kier molecular flexibility index (Phi) is 4.20. The van der Waals surface area contributed by atoms with Crippen molar-refractivity contribution >= 4 is 11.9 Å². The van der Waals surface area contributed by atoms with Gasteiger partial charge in [0.2, 0.25) is 0 Å². The van der Waals surface area contributed by atoms with Gasteiger partial charge in [-0.25, -0.2) is 0 Å². The fourth-order valence-corrected chi connectivity index (χ4v) is 1.36. The van der Waals surface area contributed by atoms with Crippen LogP contribution in [0.5, 0.6) is 0 Å². The molecule has 5 nitrogen and oxygen atoms in total. The van der Waals surface area contributed by atoms with Gasteiger partial charge in [-0.05, 0) is 32.4 Å². The highest BCUT2D eigenvalue weighted by molar-refractivity contribution is 5.94. The van der Waals surface area contributed by atoms with Crippen LogP contribution in [0, 0.1) is 0 Å². The molecule has 2 N–H and O–H groups in total. The second-order valence-corrected chi connectivity index (χ2v) is 4.47. The van der Waals surface area contributed by atoms with Gasteiger partial charge in [0.15, 0.2) is 0 Å². The highest BCUT2D eigenvalue weighted by Crippen LogP contribution is 2.12. The molecule has 0 aliphatic heterocycles. The summed E-state index contributed by atoms with van der Waals surface area (Å²) in [6.07, 6.45) is 3.48. The minimum Gasteiger partial charge on any atom is -0.481 e. The molecule has 92 valence electrons. The molecule has 0 unspecified atom stereocenters. The number of aromatic nitrogens is 1. The number of aliphatic carboxylic acids is 1. The Bertz CT molecular complexity index is 401. The number of carbonyl (C=O) groups excluding carboxylic acids is 1. The number of nitrogens with one attached hydrogen (secondary N) is 1. The van der Waals surface area contributed by atoms with Crippen molar-refractivity contribution in [3.8, 4) is 0 Å². The Morgan fingerprint density at radius 2 is 2.18 bits per heavy atom. The quantitative estimate of drug-likeness (QED) is 0.811. The van der Waals surface area contributed by atoms with Gasteiger partial charge in [0.1, 0.15) is 0 Å². The lowest BCUT2D eigenvalue weighted by Gasteiger charge is -2.25. The predicted molar refractivity (Wildman–Crippen MR) is 62.7 cm³/mol. The summed E-state index contributed by atoms with van der Waals surface area (Å²) in [4.78, 5) is 26.1. The van der Waals surface area contributed by atoms with E-state index in [1.54, 1.807) is 32.2 Å². The first-order valence-corrected chi connectivity index (χ1v) is 5.35. The number of rotatable bonds is 5. The topological polar surface area (TPSA) is 79.3 Å². The average Bonchev–Trinajstić information content (AvgIpc) is 2.27. The van der Waals surface area contributed by atoms with Crippen molar-refractivity contribution in [1.29, 1.82) is 0 Å². The summed E-state index contributed by atoms with van der Waals surface area (Å²) in [7, 11) is 0. The van der Waals surface area contributed by atoms with Crippen LogP contribution in [-0.2, 0) is 4.79 Å². The molecule has 0 aliphatic carbocycles. The van der Waals surface area contributed by atoms with E-state index in [0.29, 0.717) is 12.0 Å². The number of hydrogen-bond donors (Lipinski definition) is 2. The Morgan fingerprint density at radius 1 is 1.47 bits per heavy atom. The molecule has 17 heavy (non-hydrogen) atoms. The van der Waals surface area contributed by atoms with Crippen molar-refractivity contribution in [2.24, 2.45) is 0 Å².